The molecule has 6 heteroatoms. The third kappa shape index (κ3) is 4.14. The van der Waals surface area contributed by atoms with Crippen molar-refractivity contribution >= 4 is 29.3 Å². The summed E-state index contributed by atoms with van der Waals surface area (Å²) < 4.78 is 10.9. The molecule has 5 nitrogen and oxygen atoms in total. The zero-order valence-electron chi connectivity index (χ0n) is 14.0. The zero-order chi connectivity index (χ0) is 17.5. The number of nitrogens with zero attached hydrogens (tertiary/aromatic N) is 1. The molecule has 24 heavy (non-hydrogen) atoms. The van der Waals surface area contributed by atoms with E-state index in [1.54, 1.807) is 30.2 Å². The number of nitrogens with one attached hydrogen (secondary N) is 1. The number of carbonyl (C=O) groups is 1. The molecule has 0 saturated carbocycles. The van der Waals surface area contributed by atoms with Gasteiger partial charge in [-0.05, 0) is 42.4 Å². The van der Waals surface area contributed by atoms with Gasteiger partial charge in [0.2, 0.25) is 0 Å². The van der Waals surface area contributed by atoms with Crippen molar-refractivity contribution in [1.82, 2.24) is 10.2 Å². The van der Waals surface area contributed by atoms with Crippen LogP contribution in [0.3, 0.4) is 0 Å². The SMILES string of the molecule is C=CCOc1ccc(/C=C2/NC(=S)N(CCCC)C2=O)cc1OC. The smallest absolute Gasteiger partial charge is 0.276 e. The minimum atomic E-state index is -0.0978. The predicted octanol–water partition coefficient (Wildman–Crippen LogP) is 3.12. The minimum absolute atomic E-state index is 0.0978. The highest BCUT2D eigenvalue weighted by atomic mass is 32.1. The van der Waals surface area contributed by atoms with E-state index >= 15 is 0 Å². The molecular formula is C18H22N2O3S. The maximum absolute atomic E-state index is 12.4. The molecule has 0 radical (unpaired) electrons. The predicted molar refractivity (Wildman–Crippen MR) is 99.0 cm³/mol. The molecule has 1 heterocycles. The number of carbonyl (C=O) groups excluding carboxylic acids is 1. The first kappa shape index (κ1) is 18.0. The van der Waals surface area contributed by atoms with E-state index in [1.165, 1.54) is 0 Å². The number of rotatable bonds is 8. The molecule has 1 saturated heterocycles. The van der Waals surface area contributed by atoms with Crippen LogP contribution in [0, 0.1) is 0 Å². The Bertz CT molecular complexity index is 670. The van der Waals surface area contributed by atoms with E-state index in [4.69, 9.17) is 21.7 Å². The highest BCUT2D eigenvalue weighted by Crippen LogP contribution is 2.29. The lowest BCUT2D eigenvalue weighted by atomic mass is 10.1. The van der Waals surface area contributed by atoms with Gasteiger partial charge in [-0.1, -0.05) is 32.1 Å². The summed E-state index contributed by atoms with van der Waals surface area (Å²) in [5, 5.41) is 3.44. The van der Waals surface area contributed by atoms with Crippen molar-refractivity contribution in [2.45, 2.75) is 19.8 Å². The van der Waals surface area contributed by atoms with E-state index < -0.39 is 0 Å². The molecule has 1 aliphatic heterocycles. The van der Waals surface area contributed by atoms with Crippen molar-refractivity contribution in [2.24, 2.45) is 0 Å². The number of methoxy groups -OCH3 is 1. The second-order valence-electron chi connectivity index (χ2n) is 5.31. The van der Waals surface area contributed by atoms with Gasteiger partial charge in [0.15, 0.2) is 16.6 Å². The summed E-state index contributed by atoms with van der Waals surface area (Å²) in [6, 6.07) is 5.49. The van der Waals surface area contributed by atoms with Gasteiger partial charge in [-0.3, -0.25) is 9.69 Å². The van der Waals surface area contributed by atoms with E-state index in [9.17, 15) is 4.79 Å². The van der Waals surface area contributed by atoms with E-state index in [1.807, 2.05) is 12.1 Å². The number of benzene rings is 1. The second-order valence-corrected chi connectivity index (χ2v) is 5.70. The van der Waals surface area contributed by atoms with Crippen LogP contribution < -0.4 is 14.8 Å². The highest BCUT2D eigenvalue weighted by molar-refractivity contribution is 7.80. The van der Waals surface area contributed by atoms with Gasteiger partial charge in [-0.25, -0.2) is 0 Å². The van der Waals surface area contributed by atoms with Crippen LogP contribution in [0.4, 0.5) is 0 Å². The van der Waals surface area contributed by atoms with Gasteiger partial charge in [0.05, 0.1) is 7.11 Å². The molecule has 1 aromatic rings. The summed E-state index contributed by atoms with van der Waals surface area (Å²) in [6.07, 6.45) is 5.36. The van der Waals surface area contributed by atoms with E-state index in [0.717, 1.165) is 18.4 Å². The summed E-state index contributed by atoms with van der Waals surface area (Å²) in [6.45, 7) is 6.74. The Kier molecular flexibility index (Phi) is 6.37. The van der Waals surface area contributed by atoms with Gasteiger partial charge >= 0.3 is 0 Å². The molecule has 0 aliphatic carbocycles. The second kappa shape index (κ2) is 8.49. The van der Waals surface area contributed by atoms with Crippen LogP contribution in [0.1, 0.15) is 25.3 Å². The first-order valence-electron chi connectivity index (χ1n) is 7.87. The van der Waals surface area contributed by atoms with Crippen LogP contribution in [0.5, 0.6) is 11.5 Å². The Morgan fingerprint density at radius 1 is 1.38 bits per heavy atom. The summed E-state index contributed by atoms with van der Waals surface area (Å²) >= 11 is 5.24. The van der Waals surface area contributed by atoms with Gasteiger partial charge in [0.1, 0.15) is 12.3 Å². The average molecular weight is 346 g/mol. The van der Waals surface area contributed by atoms with Crippen molar-refractivity contribution in [3.63, 3.8) is 0 Å². The molecule has 1 fully saturated rings. The Morgan fingerprint density at radius 2 is 2.17 bits per heavy atom. The largest absolute Gasteiger partial charge is 0.493 e. The van der Waals surface area contributed by atoms with Crippen LogP contribution in [0.2, 0.25) is 0 Å². The summed E-state index contributed by atoms with van der Waals surface area (Å²) in [5.41, 5.74) is 1.30. The van der Waals surface area contributed by atoms with Gasteiger partial charge in [0, 0.05) is 6.54 Å². The molecule has 2 rings (SSSR count). The summed E-state index contributed by atoms with van der Waals surface area (Å²) in [5.74, 6) is 1.13. The van der Waals surface area contributed by atoms with Crippen LogP contribution in [0.15, 0.2) is 36.6 Å². The lowest BCUT2D eigenvalue weighted by Crippen LogP contribution is -2.31. The third-order valence-electron chi connectivity index (χ3n) is 3.55. The first-order chi connectivity index (χ1) is 11.6. The van der Waals surface area contributed by atoms with E-state index in [-0.39, 0.29) is 5.91 Å². The van der Waals surface area contributed by atoms with Crippen LogP contribution in [-0.2, 0) is 4.79 Å². The monoisotopic (exact) mass is 346 g/mol. The normalized spacial score (nSPS) is 15.6. The molecule has 0 spiro atoms. The van der Waals surface area contributed by atoms with Crippen molar-refractivity contribution in [1.29, 1.82) is 0 Å². The third-order valence-corrected chi connectivity index (χ3v) is 3.88. The lowest BCUT2D eigenvalue weighted by Gasteiger charge is -2.12. The number of ether oxygens (including phenoxy) is 2. The number of thiocarbonyl (C=S) groups is 1. The van der Waals surface area contributed by atoms with Crippen molar-refractivity contribution in [3.05, 3.63) is 42.1 Å². The van der Waals surface area contributed by atoms with Gasteiger partial charge in [-0.15, -0.1) is 0 Å². The number of unbranched alkanes of at least 4 members (excludes halogenated alkanes) is 1. The first-order valence-corrected chi connectivity index (χ1v) is 8.27. The highest BCUT2D eigenvalue weighted by Gasteiger charge is 2.29. The molecular weight excluding hydrogens is 324 g/mol. The molecule has 1 amide bonds. The van der Waals surface area contributed by atoms with Crippen molar-refractivity contribution in [2.75, 3.05) is 20.3 Å². The summed E-state index contributed by atoms with van der Waals surface area (Å²) in [7, 11) is 1.58. The lowest BCUT2D eigenvalue weighted by molar-refractivity contribution is -0.122. The summed E-state index contributed by atoms with van der Waals surface area (Å²) in [4.78, 5) is 14.0. The van der Waals surface area contributed by atoms with Gasteiger partial charge in [-0.2, -0.15) is 0 Å². The standard InChI is InChI=1S/C18H22N2O3S/c1-4-6-9-20-17(21)14(19-18(20)24)11-13-7-8-15(23-10-5-2)16(12-13)22-3/h5,7-8,11-12H,2,4,6,9-10H2,1,3H3,(H,19,24)/b14-11+. The Morgan fingerprint density at radius 3 is 2.83 bits per heavy atom. The Hall–Kier alpha value is -2.34. The van der Waals surface area contributed by atoms with Gasteiger partial charge in [0.25, 0.3) is 5.91 Å². The van der Waals surface area contributed by atoms with Crippen LogP contribution in [0.25, 0.3) is 6.08 Å². The quantitative estimate of drug-likeness (QED) is 0.445. The van der Waals surface area contributed by atoms with E-state index in [0.29, 0.717) is 35.5 Å². The number of hydrogen-bond acceptors (Lipinski definition) is 4. The molecule has 1 aliphatic rings. The Labute approximate surface area is 147 Å². The fraction of sp³-hybridized carbons (Fsp3) is 0.333. The Balaban J connectivity index is 2.20. The van der Waals surface area contributed by atoms with Gasteiger partial charge < -0.3 is 14.8 Å². The molecule has 0 aromatic heterocycles. The fourth-order valence-electron chi connectivity index (χ4n) is 2.30. The molecule has 1 aromatic carbocycles. The van der Waals surface area contributed by atoms with E-state index in [2.05, 4.69) is 18.8 Å². The average Bonchev–Trinajstić information content (AvgIpc) is 2.85. The molecule has 1 N–H and O–H groups in total. The molecule has 128 valence electrons. The fourth-order valence-corrected chi connectivity index (χ4v) is 2.58. The maximum atomic E-state index is 12.4. The number of hydrogen-bond donors (Lipinski definition) is 1. The number of amides is 1. The minimum Gasteiger partial charge on any atom is -0.493 e. The molecule has 0 bridgehead atoms. The van der Waals surface area contributed by atoms with Crippen molar-refractivity contribution < 1.29 is 14.3 Å². The zero-order valence-corrected chi connectivity index (χ0v) is 14.8. The topological polar surface area (TPSA) is 50.8 Å². The maximum Gasteiger partial charge on any atom is 0.276 e. The van der Waals surface area contributed by atoms with Crippen LogP contribution in [-0.4, -0.2) is 36.2 Å². The van der Waals surface area contributed by atoms with Crippen molar-refractivity contribution in [3.8, 4) is 11.5 Å². The molecule has 0 atom stereocenters. The van der Waals surface area contributed by atoms with Crippen LogP contribution >= 0.6 is 12.2 Å². The molecule has 0 unspecified atom stereocenters.